The molecule has 0 spiro atoms. The zero-order valence-electron chi connectivity index (χ0n) is 8.39. The summed E-state index contributed by atoms with van der Waals surface area (Å²) in [5, 5.41) is 1.15. The number of nitrogens with two attached hydrogens (primary N) is 1. The normalized spacial score (nSPS) is 10.5. The van der Waals surface area contributed by atoms with E-state index < -0.39 is 0 Å². The standard InChI is InChI=1S/C11H13N3S/c12-5-1-4-11-14-8-10(15-11)9-3-2-6-13-7-9/h2-3,6-8H,1,4-5,12H2. The van der Waals surface area contributed by atoms with Crippen LogP contribution in [0, 0.1) is 0 Å². The molecule has 0 bridgehead atoms. The van der Waals surface area contributed by atoms with Gasteiger partial charge in [0, 0.05) is 30.6 Å². The van der Waals surface area contributed by atoms with E-state index in [2.05, 4.69) is 9.97 Å². The number of aromatic nitrogens is 2. The molecular weight excluding hydrogens is 206 g/mol. The Hall–Kier alpha value is -1.26. The SMILES string of the molecule is NCCCc1ncc(-c2cccnc2)s1. The van der Waals surface area contributed by atoms with E-state index in [1.165, 1.54) is 4.88 Å². The molecule has 0 atom stereocenters. The molecular formula is C11H13N3S. The van der Waals surface area contributed by atoms with Crippen LogP contribution in [0.15, 0.2) is 30.7 Å². The molecule has 78 valence electrons. The van der Waals surface area contributed by atoms with Crippen LogP contribution >= 0.6 is 11.3 Å². The number of rotatable bonds is 4. The summed E-state index contributed by atoms with van der Waals surface area (Å²) in [5.41, 5.74) is 6.59. The summed E-state index contributed by atoms with van der Waals surface area (Å²) in [7, 11) is 0. The van der Waals surface area contributed by atoms with E-state index in [0.717, 1.165) is 30.0 Å². The van der Waals surface area contributed by atoms with Gasteiger partial charge in [-0.1, -0.05) is 6.07 Å². The first-order valence-electron chi connectivity index (χ1n) is 4.95. The van der Waals surface area contributed by atoms with Gasteiger partial charge in [-0.2, -0.15) is 0 Å². The molecule has 15 heavy (non-hydrogen) atoms. The number of pyridine rings is 1. The van der Waals surface area contributed by atoms with E-state index in [1.807, 2.05) is 24.5 Å². The van der Waals surface area contributed by atoms with E-state index in [4.69, 9.17) is 5.73 Å². The van der Waals surface area contributed by atoms with Gasteiger partial charge in [-0.05, 0) is 19.0 Å². The molecule has 0 saturated heterocycles. The van der Waals surface area contributed by atoms with Crippen molar-refractivity contribution in [2.75, 3.05) is 6.54 Å². The Morgan fingerprint density at radius 1 is 1.33 bits per heavy atom. The molecule has 0 amide bonds. The van der Waals surface area contributed by atoms with Crippen molar-refractivity contribution in [1.29, 1.82) is 0 Å². The second-order valence-electron chi connectivity index (χ2n) is 3.25. The molecule has 3 nitrogen and oxygen atoms in total. The highest BCUT2D eigenvalue weighted by atomic mass is 32.1. The fourth-order valence-corrected chi connectivity index (χ4v) is 2.27. The lowest BCUT2D eigenvalue weighted by molar-refractivity contribution is 0.826. The summed E-state index contributed by atoms with van der Waals surface area (Å²) in [6.07, 6.45) is 7.52. The van der Waals surface area contributed by atoms with E-state index in [-0.39, 0.29) is 0 Å². The maximum absolute atomic E-state index is 5.46. The van der Waals surface area contributed by atoms with Gasteiger partial charge in [-0.3, -0.25) is 4.98 Å². The minimum Gasteiger partial charge on any atom is -0.330 e. The Kier molecular flexibility index (Phi) is 3.42. The zero-order chi connectivity index (χ0) is 10.5. The van der Waals surface area contributed by atoms with Crippen molar-refractivity contribution in [3.8, 4) is 10.4 Å². The third-order valence-corrected chi connectivity index (χ3v) is 3.20. The summed E-state index contributed by atoms with van der Waals surface area (Å²) in [6, 6.07) is 3.99. The van der Waals surface area contributed by atoms with Crippen molar-refractivity contribution in [2.24, 2.45) is 5.73 Å². The molecule has 0 aromatic carbocycles. The molecule has 0 fully saturated rings. The Morgan fingerprint density at radius 3 is 3.00 bits per heavy atom. The van der Waals surface area contributed by atoms with Gasteiger partial charge in [-0.25, -0.2) is 4.98 Å². The van der Waals surface area contributed by atoms with Crippen molar-refractivity contribution in [2.45, 2.75) is 12.8 Å². The second-order valence-corrected chi connectivity index (χ2v) is 4.37. The Balaban J connectivity index is 2.14. The average Bonchev–Trinajstić information content (AvgIpc) is 2.76. The molecule has 2 aromatic rings. The smallest absolute Gasteiger partial charge is 0.0931 e. The van der Waals surface area contributed by atoms with Crippen LogP contribution in [0.25, 0.3) is 10.4 Å². The fourth-order valence-electron chi connectivity index (χ4n) is 1.32. The van der Waals surface area contributed by atoms with Gasteiger partial charge in [-0.15, -0.1) is 11.3 Å². The molecule has 4 heteroatoms. The largest absolute Gasteiger partial charge is 0.330 e. The molecule has 2 N–H and O–H groups in total. The first kappa shape index (κ1) is 10.3. The monoisotopic (exact) mass is 219 g/mol. The van der Waals surface area contributed by atoms with Crippen LogP contribution in [0.2, 0.25) is 0 Å². The minimum absolute atomic E-state index is 0.724. The van der Waals surface area contributed by atoms with Crippen molar-refractivity contribution in [3.63, 3.8) is 0 Å². The molecule has 0 saturated carbocycles. The second kappa shape index (κ2) is 5.00. The predicted octanol–water partition coefficient (Wildman–Crippen LogP) is 2.10. The summed E-state index contributed by atoms with van der Waals surface area (Å²) < 4.78 is 0. The highest BCUT2D eigenvalue weighted by molar-refractivity contribution is 7.15. The van der Waals surface area contributed by atoms with Gasteiger partial charge in [0.1, 0.15) is 0 Å². The van der Waals surface area contributed by atoms with E-state index in [0.29, 0.717) is 0 Å². The lowest BCUT2D eigenvalue weighted by atomic mass is 10.2. The molecule has 0 radical (unpaired) electrons. The quantitative estimate of drug-likeness (QED) is 0.856. The first-order valence-corrected chi connectivity index (χ1v) is 5.77. The molecule has 0 unspecified atom stereocenters. The van der Waals surface area contributed by atoms with Crippen LogP contribution in [0.5, 0.6) is 0 Å². The fraction of sp³-hybridized carbons (Fsp3) is 0.273. The molecule has 2 rings (SSSR count). The highest BCUT2D eigenvalue weighted by Gasteiger charge is 2.03. The molecule has 0 aliphatic heterocycles. The van der Waals surface area contributed by atoms with Crippen molar-refractivity contribution in [3.05, 3.63) is 35.7 Å². The Bertz CT molecular complexity index is 411. The van der Waals surface area contributed by atoms with Crippen molar-refractivity contribution >= 4 is 11.3 Å². The Labute approximate surface area is 93.0 Å². The number of hydrogen-bond acceptors (Lipinski definition) is 4. The van der Waals surface area contributed by atoms with E-state index in [9.17, 15) is 0 Å². The van der Waals surface area contributed by atoms with Gasteiger partial charge in [0.2, 0.25) is 0 Å². The van der Waals surface area contributed by atoms with Crippen molar-refractivity contribution in [1.82, 2.24) is 9.97 Å². The van der Waals surface area contributed by atoms with Gasteiger partial charge < -0.3 is 5.73 Å². The van der Waals surface area contributed by atoms with Crippen LogP contribution in [0.3, 0.4) is 0 Å². The summed E-state index contributed by atoms with van der Waals surface area (Å²) in [6.45, 7) is 0.724. The molecule has 2 aromatic heterocycles. The first-order chi connectivity index (χ1) is 7.40. The minimum atomic E-state index is 0.724. The predicted molar refractivity (Wildman–Crippen MR) is 62.7 cm³/mol. The number of aryl methyl sites for hydroxylation is 1. The molecule has 0 aliphatic carbocycles. The summed E-state index contributed by atoms with van der Waals surface area (Å²) in [5.74, 6) is 0. The van der Waals surface area contributed by atoms with Crippen LogP contribution in [0.1, 0.15) is 11.4 Å². The molecule has 0 aliphatic rings. The average molecular weight is 219 g/mol. The zero-order valence-corrected chi connectivity index (χ0v) is 9.20. The highest BCUT2D eigenvalue weighted by Crippen LogP contribution is 2.25. The van der Waals surface area contributed by atoms with Crippen LogP contribution in [-0.2, 0) is 6.42 Å². The maximum atomic E-state index is 5.46. The molecule has 2 heterocycles. The van der Waals surface area contributed by atoms with Gasteiger partial charge in [0.15, 0.2) is 0 Å². The summed E-state index contributed by atoms with van der Waals surface area (Å²) in [4.78, 5) is 9.63. The van der Waals surface area contributed by atoms with E-state index >= 15 is 0 Å². The topological polar surface area (TPSA) is 51.8 Å². The number of nitrogens with zero attached hydrogens (tertiary/aromatic N) is 2. The number of thiazole rings is 1. The van der Waals surface area contributed by atoms with Crippen molar-refractivity contribution < 1.29 is 0 Å². The third kappa shape index (κ3) is 2.61. The number of hydrogen-bond donors (Lipinski definition) is 1. The van der Waals surface area contributed by atoms with Gasteiger partial charge in [0.25, 0.3) is 0 Å². The third-order valence-electron chi connectivity index (χ3n) is 2.09. The van der Waals surface area contributed by atoms with Gasteiger partial charge >= 0.3 is 0 Å². The van der Waals surface area contributed by atoms with Crippen LogP contribution < -0.4 is 5.73 Å². The lowest BCUT2D eigenvalue weighted by Crippen LogP contribution is -1.99. The van der Waals surface area contributed by atoms with Crippen LogP contribution in [-0.4, -0.2) is 16.5 Å². The maximum Gasteiger partial charge on any atom is 0.0931 e. The van der Waals surface area contributed by atoms with Gasteiger partial charge in [0.05, 0.1) is 9.88 Å². The summed E-state index contributed by atoms with van der Waals surface area (Å²) >= 11 is 1.72. The van der Waals surface area contributed by atoms with E-state index in [1.54, 1.807) is 17.5 Å². The Morgan fingerprint density at radius 2 is 2.27 bits per heavy atom. The lowest BCUT2D eigenvalue weighted by Gasteiger charge is -1.93. The van der Waals surface area contributed by atoms with Crippen LogP contribution in [0.4, 0.5) is 0 Å².